The molecule has 0 radical (unpaired) electrons. The van der Waals surface area contributed by atoms with Crippen molar-refractivity contribution in [1.29, 1.82) is 0 Å². The van der Waals surface area contributed by atoms with Crippen molar-refractivity contribution in [3.8, 4) is 0 Å². The average molecular weight is 192 g/mol. The SMILES string of the molecule is CS(=O)(=O)O.O.c1ccccc1. The quantitative estimate of drug-likeness (QED) is 0.602. The minimum absolute atomic E-state index is 0. The molecule has 3 N–H and O–H groups in total. The van der Waals surface area contributed by atoms with Crippen LogP contribution in [0.15, 0.2) is 36.4 Å². The van der Waals surface area contributed by atoms with Crippen molar-refractivity contribution >= 4 is 10.1 Å². The number of hydrogen-bond donors (Lipinski definition) is 1. The highest BCUT2D eigenvalue weighted by molar-refractivity contribution is 7.85. The highest BCUT2D eigenvalue weighted by Crippen LogP contribution is 1.79. The molecule has 0 spiro atoms. The summed E-state index contributed by atoms with van der Waals surface area (Å²) in [6.45, 7) is 0. The van der Waals surface area contributed by atoms with Crippen LogP contribution in [0.1, 0.15) is 0 Å². The van der Waals surface area contributed by atoms with Crippen LogP contribution < -0.4 is 0 Å². The number of benzene rings is 1. The highest BCUT2D eigenvalue weighted by Gasteiger charge is 1.81. The highest BCUT2D eigenvalue weighted by atomic mass is 32.2. The molecule has 0 aliphatic heterocycles. The van der Waals surface area contributed by atoms with Crippen LogP contribution in [0.5, 0.6) is 0 Å². The third-order valence-corrected chi connectivity index (χ3v) is 0.667. The summed E-state index contributed by atoms with van der Waals surface area (Å²) in [5, 5.41) is 0. The van der Waals surface area contributed by atoms with E-state index in [1.54, 1.807) is 0 Å². The molecule has 5 heteroatoms. The van der Waals surface area contributed by atoms with E-state index in [4.69, 9.17) is 4.55 Å². The van der Waals surface area contributed by atoms with Crippen molar-refractivity contribution in [1.82, 2.24) is 0 Å². The molecule has 4 nitrogen and oxygen atoms in total. The molecule has 0 atom stereocenters. The van der Waals surface area contributed by atoms with E-state index in [1.165, 1.54) is 0 Å². The maximum absolute atomic E-state index is 9.19. The summed E-state index contributed by atoms with van der Waals surface area (Å²) in [5.41, 5.74) is 0. The minimum Gasteiger partial charge on any atom is -0.412 e. The molecule has 0 saturated carbocycles. The topological polar surface area (TPSA) is 85.9 Å². The van der Waals surface area contributed by atoms with E-state index in [2.05, 4.69) is 0 Å². The van der Waals surface area contributed by atoms with Gasteiger partial charge in [-0.2, -0.15) is 8.42 Å². The molecular weight excluding hydrogens is 180 g/mol. The summed E-state index contributed by atoms with van der Waals surface area (Å²) in [6, 6.07) is 12.0. The third-order valence-electron chi connectivity index (χ3n) is 0.667. The van der Waals surface area contributed by atoms with Crippen LogP contribution in [-0.2, 0) is 10.1 Å². The summed E-state index contributed by atoms with van der Waals surface area (Å²) < 4.78 is 25.9. The lowest BCUT2D eigenvalue weighted by Gasteiger charge is -1.69. The first kappa shape index (κ1) is 13.7. The van der Waals surface area contributed by atoms with Crippen molar-refractivity contribution in [2.24, 2.45) is 0 Å². The van der Waals surface area contributed by atoms with Gasteiger partial charge in [0.2, 0.25) is 0 Å². The average Bonchev–Trinajstić information content (AvgIpc) is 1.88. The first-order valence-corrected chi connectivity index (χ1v) is 4.77. The molecule has 0 aliphatic carbocycles. The van der Waals surface area contributed by atoms with Crippen molar-refractivity contribution in [3.05, 3.63) is 36.4 Å². The lowest BCUT2D eigenvalue weighted by atomic mass is 10.4. The second-order valence-electron chi connectivity index (χ2n) is 1.89. The van der Waals surface area contributed by atoms with Gasteiger partial charge in [-0.05, 0) is 0 Å². The Morgan fingerprint density at radius 2 is 1.00 bits per heavy atom. The Balaban J connectivity index is 0. The summed E-state index contributed by atoms with van der Waals surface area (Å²) >= 11 is 0. The Morgan fingerprint density at radius 1 is 0.917 bits per heavy atom. The molecule has 70 valence electrons. The van der Waals surface area contributed by atoms with Gasteiger partial charge in [0.1, 0.15) is 0 Å². The van der Waals surface area contributed by atoms with Gasteiger partial charge < -0.3 is 5.48 Å². The van der Waals surface area contributed by atoms with Crippen molar-refractivity contribution in [3.63, 3.8) is 0 Å². The zero-order valence-corrected chi connectivity index (χ0v) is 7.45. The Kier molecular flexibility index (Phi) is 7.72. The van der Waals surface area contributed by atoms with Crippen LogP contribution in [-0.4, -0.2) is 24.7 Å². The fourth-order valence-electron chi connectivity index (χ4n) is 0.385. The van der Waals surface area contributed by atoms with Gasteiger partial charge in [-0.1, -0.05) is 36.4 Å². The first-order valence-electron chi connectivity index (χ1n) is 2.92. The van der Waals surface area contributed by atoms with Crippen LogP contribution >= 0.6 is 0 Å². The van der Waals surface area contributed by atoms with Crippen LogP contribution in [0.4, 0.5) is 0 Å². The normalized spacial score (nSPS) is 8.83. The smallest absolute Gasteiger partial charge is 0.261 e. The molecule has 0 amide bonds. The van der Waals surface area contributed by atoms with Crippen LogP contribution in [0.3, 0.4) is 0 Å². The van der Waals surface area contributed by atoms with Crippen LogP contribution in [0.2, 0.25) is 0 Å². The molecule has 12 heavy (non-hydrogen) atoms. The Bertz CT molecular complexity index is 232. The summed E-state index contributed by atoms with van der Waals surface area (Å²) in [7, 11) is -3.67. The van der Waals surface area contributed by atoms with Gasteiger partial charge in [0.15, 0.2) is 0 Å². The van der Waals surface area contributed by atoms with E-state index in [0.717, 1.165) is 0 Å². The lowest BCUT2D eigenvalue weighted by molar-refractivity contribution is 0.490. The third kappa shape index (κ3) is 23.0. The van der Waals surface area contributed by atoms with E-state index >= 15 is 0 Å². The lowest BCUT2D eigenvalue weighted by Crippen LogP contribution is -1.88. The van der Waals surface area contributed by atoms with Crippen LogP contribution in [0, 0.1) is 0 Å². The molecule has 0 aromatic heterocycles. The maximum atomic E-state index is 9.19. The molecule has 0 heterocycles. The van der Waals surface area contributed by atoms with Gasteiger partial charge in [-0.15, -0.1) is 0 Å². The molecule has 1 aromatic carbocycles. The van der Waals surface area contributed by atoms with E-state index < -0.39 is 10.1 Å². The monoisotopic (exact) mass is 192 g/mol. The molecule has 0 unspecified atom stereocenters. The van der Waals surface area contributed by atoms with Crippen molar-refractivity contribution in [2.45, 2.75) is 0 Å². The molecule has 1 rings (SSSR count). The summed E-state index contributed by atoms with van der Waals surface area (Å²) in [6.07, 6.45) is 0.715. The second kappa shape index (κ2) is 6.78. The summed E-state index contributed by atoms with van der Waals surface area (Å²) in [5.74, 6) is 0. The molecule has 0 saturated heterocycles. The zero-order valence-electron chi connectivity index (χ0n) is 6.64. The number of rotatable bonds is 0. The van der Waals surface area contributed by atoms with Crippen LogP contribution in [0.25, 0.3) is 0 Å². The molecule has 0 aliphatic rings. The standard InChI is InChI=1S/C6H6.CH4O3S.H2O/c1-2-4-6-5-3-1;1-5(2,3)4;/h1-6H;1H3,(H,2,3,4);1H2. The Hall–Kier alpha value is -0.910. The Morgan fingerprint density at radius 3 is 1.08 bits per heavy atom. The van der Waals surface area contributed by atoms with Gasteiger partial charge in [-0.25, -0.2) is 0 Å². The maximum Gasteiger partial charge on any atom is 0.261 e. The van der Waals surface area contributed by atoms with Gasteiger partial charge in [-0.3, -0.25) is 4.55 Å². The fraction of sp³-hybridized carbons (Fsp3) is 0.143. The zero-order chi connectivity index (χ0) is 8.74. The number of hydrogen-bond acceptors (Lipinski definition) is 2. The fourth-order valence-corrected chi connectivity index (χ4v) is 0.385. The molecular formula is C7H12O4S. The van der Waals surface area contributed by atoms with E-state index in [9.17, 15) is 8.42 Å². The molecule has 0 bridgehead atoms. The van der Waals surface area contributed by atoms with E-state index in [0.29, 0.717) is 6.26 Å². The van der Waals surface area contributed by atoms with E-state index in [-0.39, 0.29) is 5.48 Å². The largest absolute Gasteiger partial charge is 0.412 e. The molecule has 1 aromatic rings. The predicted molar refractivity (Wildman–Crippen MR) is 47.5 cm³/mol. The van der Waals surface area contributed by atoms with Gasteiger partial charge >= 0.3 is 0 Å². The summed E-state index contributed by atoms with van der Waals surface area (Å²) in [4.78, 5) is 0. The second-order valence-corrected chi connectivity index (χ2v) is 3.35. The first-order chi connectivity index (χ1) is 5.00. The molecule has 0 fully saturated rings. The van der Waals surface area contributed by atoms with E-state index in [1.807, 2.05) is 36.4 Å². The minimum atomic E-state index is -3.67. The van der Waals surface area contributed by atoms with Crippen molar-refractivity contribution in [2.75, 3.05) is 6.26 Å². The van der Waals surface area contributed by atoms with Crippen molar-refractivity contribution < 1.29 is 18.4 Å². The van der Waals surface area contributed by atoms with Gasteiger partial charge in [0.05, 0.1) is 6.26 Å². The van der Waals surface area contributed by atoms with Gasteiger partial charge in [0.25, 0.3) is 10.1 Å². The predicted octanol–water partition coefficient (Wildman–Crippen LogP) is 0.366. The van der Waals surface area contributed by atoms with Gasteiger partial charge in [0, 0.05) is 0 Å². The Labute approximate surface area is 71.9 Å².